The Bertz CT molecular complexity index is 923. The van der Waals surface area contributed by atoms with Crippen LogP contribution in [0.4, 0.5) is 0 Å². The molecule has 2 unspecified atom stereocenters. The number of piperidine rings is 1. The third-order valence-corrected chi connectivity index (χ3v) is 8.84. The van der Waals surface area contributed by atoms with Crippen molar-refractivity contribution in [3.63, 3.8) is 0 Å². The summed E-state index contributed by atoms with van der Waals surface area (Å²) in [7, 11) is -3.51. The lowest BCUT2D eigenvalue weighted by molar-refractivity contribution is 0.0737. The third-order valence-electron chi connectivity index (χ3n) is 5.84. The lowest BCUT2D eigenvalue weighted by Crippen LogP contribution is -2.41. The van der Waals surface area contributed by atoms with E-state index in [1.807, 2.05) is 23.3 Å². The molecule has 0 N–H and O–H groups in total. The molecular weight excluding hydrogens is 392 g/mol. The summed E-state index contributed by atoms with van der Waals surface area (Å²) in [4.78, 5) is 16.4. The van der Waals surface area contributed by atoms with Crippen molar-refractivity contribution in [2.24, 2.45) is 0 Å². The molecule has 2 saturated heterocycles. The maximum Gasteiger partial charge on any atom is 0.254 e. The normalized spacial score (nSPS) is 23.8. The average molecular weight is 419 g/mol. The second kappa shape index (κ2) is 7.97. The number of likely N-dealkylation sites (tertiary alicyclic amines) is 1. The van der Waals surface area contributed by atoms with Crippen LogP contribution in [0.5, 0.6) is 0 Å². The second-order valence-corrected chi connectivity index (χ2v) is 10.5. The molecule has 0 spiro atoms. The van der Waals surface area contributed by atoms with Crippen molar-refractivity contribution >= 4 is 27.3 Å². The van der Waals surface area contributed by atoms with Crippen LogP contribution in [0.2, 0.25) is 0 Å². The second-order valence-electron chi connectivity index (χ2n) is 7.66. The molecular formula is C21H26N2O3S2. The minimum atomic E-state index is -3.51. The summed E-state index contributed by atoms with van der Waals surface area (Å²) in [5.41, 5.74) is 0.550. The number of rotatable bonds is 4. The van der Waals surface area contributed by atoms with Crippen molar-refractivity contribution in [1.82, 2.24) is 9.21 Å². The SMILES string of the molecule is CC1CCCCN1S(=O)(=O)c1ccc(C(=O)N2CCCC2c2cccs2)cc1. The Morgan fingerprint density at radius 1 is 1.04 bits per heavy atom. The number of benzene rings is 1. The molecule has 2 aromatic rings. The molecule has 28 heavy (non-hydrogen) atoms. The molecule has 7 heteroatoms. The number of hydrogen-bond acceptors (Lipinski definition) is 4. The minimum Gasteiger partial charge on any atom is -0.331 e. The molecule has 1 aromatic carbocycles. The molecule has 3 heterocycles. The van der Waals surface area contributed by atoms with Crippen molar-refractivity contribution in [1.29, 1.82) is 0 Å². The predicted molar refractivity (Wildman–Crippen MR) is 111 cm³/mol. The molecule has 2 atom stereocenters. The van der Waals surface area contributed by atoms with Gasteiger partial charge in [0.05, 0.1) is 10.9 Å². The first-order valence-electron chi connectivity index (χ1n) is 9.95. The molecule has 1 amide bonds. The van der Waals surface area contributed by atoms with E-state index in [4.69, 9.17) is 0 Å². The van der Waals surface area contributed by atoms with Gasteiger partial charge in [-0.15, -0.1) is 11.3 Å². The van der Waals surface area contributed by atoms with Gasteiger partial charge in [0.1, 0.15) is 0 Å². The van der Waals surface area contributed by atoms with Gasteiger partial charge >= 0.3 is 0 Å². The highest BCUT2D eigenvalue weighted by molar-refractivity contribution is 7.89. The first-order valence-corrected chi connectivity index (χ1v) is 12.3. The number of carbonyl (C=O) groups excluding carboxylic acids is 1. The van der Waals surface area contributed by atoms with E-state index in [9.17, 15) is 13.2 Å². The van der Waals surface area contributed by atoms with Gasteiger partial charge in [-0.05, 0) is 68.3 Å². The highest BCUT2D eigenvalue weighted by atomic mass is 32.2. The maximum absolute atomic E-state index is 13.0. The van der Waals surface area contributed by atoms with Gasteiger partial charge in [-0.1, -0.05) is 12.5 Å². The average Bonchev–Trinajstić information content (AvgIpc) is 3.39. The van der Waals surface area contributed by atoms with Crippen molar-refractivity contribution in [3.8, 4) is 0 Å². The van der Waals surface area contributed by atoms with Gasteiger partial charge in [0.25, 0.3) is 5.91 Å². The molecule has 0 radical (unpaired) electrons. The van der Waals surface area contributed by atoms with E-state index in [0.717, 1.165) is 38.6 Å². The van der Waals surface area contributed by atoms with Crippen LogP contribution in [-0.4, -0.2) is 42.7 Å². The summed E-state index contributed by atoms with van der Waals surface area (Å²) in [6.45, 7) is 3.28. The largest absolute Gasteiger partial charge is 0.331 e. The van der Waals surface area contributed by atoms with Gasteiger partial charge in [-0.3, -0.25) is 4.79 Å². The van der Waals surface area contributed by atoms with Crippen LogP contribution in [0.25, 0.3) is 0 Å². The van der Waals surface area contributed by atoms with Gasteiger partial charge in [-0.25, -0.2) is 8.42 Å². The summed E-state index contributed by atoms with van der Waals surface area (Å²) in [5.74, 6) is -0.0220. The van der Waals surface area contributed by atoms with Crippen LogP contribution >= 0.6 is 11.3 Å². The van der Waals surface area contributed by atoms with E-state index in [2.05, 4.69) is 6.07 Å². The van der Waals surface area contributed by atoms with Crippen LogP contribution in [-0.2, 0) is 10.0 Å². The van der Waals surface area contributed by atoms with Crippen LogP contribution in [0.3, 0.4) is 0 Å². The van der Waals surface area contributed by atoms with Gasteiger partial charge in [0, 0.05) is 29.6 Å². The summed E-state index contributed by atoms with van der Waals surface area (Å²) in [6.07, 6.45) is 4.84. The Hall–Kier alpha value is -1.70. The third kappa shape index (κ3) is 3.63. The number of thiophene rings is 1. The standard InChI is InChI=1S/C21H26N2O3S2/c1-16-6-2-3-14-23(16)28(25,26)18-11-9-17(10-12-18)21(24)22-13-4-7-19(22)20-8-5-15-27-20/h5,8-12,15-16,19H,2-4,6-7,13-14H2,1H3. The van der Waals surface area contributed by atoms with E-state index < -0.39 is 10.0 Å². The van der Waals surface area contributed by atoms with E-state index in [1.165, 1.54) is 4.88 Å². The van der Waals surface area contributed by atoms with Crippen molar-refractivity contribution in [2.45, 2.75) is 56.0 Å². The van der Waals surface area contributed by atoms with E-state index in [1.54, 1.807) is 39.9 Å². The lowest BCUT2D eigenvalue weighted by Gasteiger charge is -2.32. The number of sulfonamides is 1. The maximum atomic E-state index is 13.0. The molecule has 2 aliphatic heterocycles. The van der Waals surface area contributed by atoms with Gasteiger partial charge in [-0.2, -0.15) is 4.31 Å². The molecule has 0 bridgehead atoms. The first-order chi connectivity index (χ1) is 13.5. The van der Waals surface area contributed by atoms with Crippen LogP contribution < -0.4 is 0 Å². The zero-order valence-electron chi connectivity index (χ0n) is 16.1. The number of hydrogen-bond donors (Lipinski definition) is 0. The van der Waals surface area contributed by atoms with E-state index in [-0.39, 0.29) is 22.9 Å². The van der Waals surface area contributed by atoms with Crippen LogP contribution in [0, 0.1) is 0 Å². The quantitative estimate of drug-likeness (QED) is 0.744. The molecule has 5 nitrogen and oxygen atoms in total. The summed E-state index contributed by atoms with van der Waals surface area (Å²) < 4.78 is 27.5. The van der Waals surface area contributed by atoms with E-state index >= 15 is 0 Å². The summed E-state index contributed by atoms with van der Waals surface area (Å²) in [6, 6.07) is 10.7. The summed E-state index contributed by atoms with van der Waals surface area (Å²) in [5, 5.41) is 2.04. The molecule has 1 aromatic heterocycles. The predicted octanol–water partition coefficient (Wildman–Crippen LogP) is 4.29. The Balaban J connectivity index is 1.53. The monoisotopic (exact) mass is 418 g/mol. The summed E-state index contributed by atoms with van der Waals surface area (Å²) >= 11 is 1.68. The smallest absolute Gasteiger partial charge is 0.254 e. The molecule has 0 saturated carbocycles. The van der Waals surface area contributed by atoms with Gasteiger partial charge in [0.15, 0.2) is 0 Å². The van der Waals surface area contributed by atoms with Crippen molar-refractivity contribution in [2.75, 3.05) is 13.1 Å². The Morgan fingerprint density at radius 3 is 2.50 bits per heavy atom. The minimum absolute atomic E-state index is 0.0220. The molecule has 2 aliphatic rings. The molecule has 150 valence electrons. The number of amides is 1. The zero-order chi connectivity index (χ0) is 19.7. The molecule has 0 aliphatic carbocycles. The Morgan fingerprint density at radius 2 is 1.82 bits per heavy atom. The van der Waals surface area contributed by atoms with Gasteiger partial charge < -0.3 is 4.90 Å². The lowest BCUT2D eigenvalue weighted by atomic mass is 10.1. The number of nitrogens with zero attached hydrogens (tertiary/aromatic N) is 2. The van der Waals surface area contributed by atoms with Crippen molar-refractivity contribution < 1.29 is 13.2 Å². The fourth-order valence-corrected chi connectivity index (χ4v) is 6.86. The van der Waals surface area contributed by atoms with Gasteiger partial charge in [0.2, 0.25) is 10.0 Å². The highest BCUT2D eigenvalue weighted by Crippen LogP contribution is 2.35. The highest BCUT2D eigenvalue weighted by Gasteiger charge is 2.33. The van der Waals surface area contributed by atoms with Crippen LogP contribution in [0.15, 0.2) is 46.7 Å². The Labute approximate surface area is 171 Å². The molecule has 2 fully saturated rings. The topological polar surface area (TPSA) is 57.7 Å². The van der Waals surface area contributed by atoms with Crippen molar-refractivity contribution in [3.05, 3.63) is 52.2 Å². The molecule has 4 rings (SSSR count). The first kappa shape index (κ1) is 19.6. The fraction of sp³-hybridized carbons (Fsp3) is 0.476. The van der Waals surface area contributed by atoms with E-state index in [0.29, 0.717) is 12.1 Å². The number of carbonyl (C=O) groups is 1. The van der Waals surface area contributed by atoms with Crippen LogP contribution in [0.1, 0.15) is 60.3 Å². The fourth-order valence-electron chi connectivity index (χ4n) is 4.29. The zero-order valence-corrected chi connectivity index (χ0v) is 17.7. The Kier molecular flexibility index (Phi) is 5.58.